The summed E-state index contributed by atoms with van der Waals surface area (Å²) >= 11 is 18.9. The van der Waals surface area contributed by atoms with Crippen molar-refractivity contribution in [3.05, 3.63) is 282 Å². The SMILES string of the molecule is C.CCOC(=O)Cc1ccc(N2C(=O)c3c(Cl)ccc(OCc4ccccc4)c3C2=O)cc1.CCOC(=O)Cc1ccc(N2C(=O)c3c(Cl)ccc(OCc4ccccc4)c3C2O)cc1.CCOC(=O)Cc1ccc(N2C(=O)c3c(OCc4ccccc4)ccc(Cl)c3C2O)cc1. The molecule has 0 aromatic heterocycles. The van der Waals surface area contributed by atoms with E-state index in [0.717, 1.165) is 32.7 Å². The van der Waals surface area contributed by atoms with Crippen LogP contribution < -0.4 is 28.9 Å². The maximum atomic E-state index is 13.3. The van der Waals surface area contributed by atoms with Crippen LogP contribution >= 0.6 is 34.8 Å². The Bertz CT molecular complexity index is 4250. The molecule has 3 aliphatic rings. The van der Waals surface area contributed by atoms with Gasteiger partial charge in [-0.25, -0.2) is 4.90 Å². The number of benzene rings is 9. The molecule has 9 aromatic carbocycles. The molecule has 2 unspecified atom stereocenters. The van der Waals surface area contributed by atoms with E-state index in [2.05, 4.69) is 0 Å². The summed E-state index contributed by atoms with van der Waals surface area (Å²) in [6.07, 6.45) is -2.12. The number of amides is 4. The van der Waals surface area contributed by atoms with Crippen LogP contribution in [-0.2, 0) is 67.7 Å². The van der Waals surface area contributed by atoms with Crippen LogP contribution in [0, 0.1) is 0 Å². The van der Waals surface area contributed by atoms with Gasteiger partial charge in [-0.05, 0) is 127 Å². The Morgan fingerprint density at radius 2 is 0.691 bits per heavy atom. The molecule has 4 amide bonds. The van der Waals surface area contributed by atoms with Crippen LogP contribution in [0.2, 0.25) is 15.1 Å². The molecule has 0 bridgehead atoms. The number of carbonyl (C=O) groups excluding carboxylic acids is 7. The number of hydrogen-bond acceptors (Lipinski definition) is 15. The number of anilines is 3. The Hall–Kier alpha value is -10.3. The number of hydrogen-bond donors (Lipinski definition) is 2. The predicted octanol–water partition coefficient (Wildman–Crippen LogP) is 14.8. The lowest BCUT2D eigenvalue weighted by Gasteiger charge is -2.22. The topological polar surface area (TPSA) is 225 Å². The lowest BCUT2D eigenvalue weighted by Crippen LogP contribution is -2.29. The van der Waals surface area contributed by atoms with Crippen LogP contribution in [0.25, 0.3) is 0 Å². The average molecular weight is 1370 g/mol. The van der Waals surface area contributed by atoms with Crippen molar-refractivity contribution >= 4 is 93.4 Å². The molecule has 0 saturated heterocycles. The normalized spacial score (nSPS) is 14.0. The Kier molecular flexibility index (Phi) is 24.1. The van der Waals surface area contributed by atoms with Gasteiger partial charge in [0.15, 0.2) is 12.5 Å². The third-order valence-corrected chi connectivity index (χ3v) is 16.4. The van der Waals surface area contributed by atoms with Gasteiger partial charge in [-0.15, -0.1) is 0 Å². The van der Waals surface area contributed by atoms with Crippen molar-refractivity contribution in [1.82, 2.24) is 0 Å². The summed E-state index contributed by atoms with van der Waals surface area (Å²) in [5, 5.41) is 22.7. The van der Waals surface area contributed by atoms with Gasteiger partial charge in [0, 0.05) is 22.0 Å². The summed E-state index contributed by atoms with van der Waals surface area (Å²) in [5.74, 6) is -1.77. The van der Waals surface area contributed by atoms with Crippen molar-refractivity contribution in [1.29, 1.82) is 0 Å². The van der Waals surface area contributed by atoms with E-state index in [-0.39, 0.29) is 95.1 Å². The zero-order chi connectivity index (χ0) is 68.0. The average Bonchev–Trinajstić information content (AvgIpc) is 1.62. The zero-order valence-electron chi connectivity index (χ0n) is 52.2. The lowest BCUT2D eigenvalue weighted by atomic mass is 10.1. The second-order valence-corrected chi connectivity index (χ2v) is 23.0. The fourth-order valence-electron chi connectivity index (χ4n) is 10.9. The number of aliphatic hydroxyl groups excluding tert-OH is 2. The summed E-state index contributed by atoms with van der Waals surface area (Å²) in [7, 11) is 0. The summed E-state index contributed by atoms with van der Waals surface area (Å²) in [6, 6.07) is 58.6. The van der Waals surface area contributed by atoms with E-state index < -0.39 is 36.1 Å². The van der Waals surface area contributed by atoms with Crippen molar-refractivity contribution < 1.29 is 72.2 Å². The molecule has 2 atom stereocenters. The van der Waals surface area contributed by atoms with Crippen molar-refractivity contribution in [2.45, 2.75) is 79.7 Å². The molecule has 9 aromatic rings. The molecule has 0 aliphatic carbocycles. The van der Waals surface area contributed by atoms with Gasteiger partial charge in [0.2, 0.25) is 0 Å². The van der Waals surface area contributed by atoms with Crippen LogP contribution in [0.5, 0.6) is 17.2 Å². The lowest BCUT2D eigenvalue weighted by molar-refractivity contribution is -0.143. The van der Waals surface area contributed by atoms with E-state index in [9.17, 15) is 43.8 Å². The van der Waals surface area contributed by atoms with Gasteiger partial charge >= 0.3 is 17.9 Å². The molecule has 498 valence electrons. The van der Waals surface area contributed by atoms with E-state index in [1.165, 1.54) is 9.80 Å². The Morgan fingerprint density at radius 3 is 1.10 bits per heavy atom. The maximum Gasteiger partial charge on any atom is 0.310 e. The highest BCUT2D eigenvalue weighted by atomic mass is 35.5. The summed E-state index contributed by atoms with van der Waals surface area (Å²) in [5.41, 5.74) is 7.81. The molecule has 0 spiro atoms. The molecular weight excluding hydrogens is 1300 g/mol. The number of nitrogens with zero attached hydrogens (tertiary/aromatic N) is 3. The van der Waals surface area contributed by atoms with Crippen molar-refractivity contribution in [3.63, 3.8) is 0 Å². The zero-order valence-corrected chi connectivity index (χ0v) is 54.5. The molecule has 21 heteroatoms. The first-order valence-corrected chi connectivity index (χ1v) is 31.7. The number of halogens is 3. The predicted molar refractivity (Wildman–Crippen MR) is 368 cm³/mol. The van der Waals surface area contributed by atoms with E-state index in [1.807, 2.05) is 91.0 Å². The van der Waals surface area contributed by atoms with Crippen LogP contribution in [0.15, 0.2) is 200 Å². The van der Waals surface area contributed by atoms with Gasteiger partial charge in [0.1, 0.15) is 37.1 Å². The number of aliphatic hydroxyl groups is 2. The van der Waals surface area contributed by atoms with E-state index in [1.54, 1.807) is 130 Å². The highest BCUT2D eigenvalue weighted by Gasteiger charge is 2.44. The minimum absolute atomic E-state index is 0. The maximum absolute atomic E-state index is 13.3. The van der Waals surface area contributed by atoms with E-state index in [4.69, 9.17) is 63.2 Å². The monoisotopic (exact) mass is 1370 g/mol. The number of carbonyl (C=O) groups is 7. The Balaban J connectivity index is 0.000000170. The van der Waals surface area contributed by atoms with Gasteiger partial charge in [-0.3, -0.25) is 43.4 Å². The molecule has 0 radical (unpaired) electrons. The van der Waals surface area contributed by atoms with Gasteiger partial charge < -0.3 is 38.6 Å². The Labute approximate surface area is 576 Å². The van der Waals surface area contributed by atoms with Crippen molar-refractivity contribution in [3.8, 4) is 17.2 Å². The van der Waals surface area contributed by atoms with Crippen LogP contribution in [-0.4, -0.2) is 71.6 Å². The minimum atomic E-state index is -1.25. The highest BCUT2D eigenvalue weighted by Crippen LogP contribution is 2.46. The second kappa shape index (κ2) is 32.9. The van der Waals surface area contributed by atoms with Crippen LogP contribution in [0.3, 0.4) is 0 Å². The van der Waals surface area contributed by atoms with Gasteiger partial charge in [0.25, 0.3) is 23.6 Å². The molecule has 18 nitrogen and oxygen atoms in total. The van der Waals surface area contributed by atoms with Gasteiger partial charge in [-0.2, -0.15) is 0 Å². The third kappa shape index (κ3) is 16.5. The van der Waals surface area contributed by atoms with Crippen LogP contribution in [0.1, 0.15) is 127 Å². The summed E-state index contributed by atoms with van der Waals surface area (Å²) < 4.78 is 32.6. The molecule has 3 heterocycles. The Morgan fingerprint density at radius 1 is 0.361 bits per heavy atom. The first-order valence-electron chi connectivity index (χ1n) is 30.6. The number of imide groups is 1. The summed E-state index contributed by atoms with van der Waals surface area (Å²) in [4.78, 5) is 91.4. The number of ether oxygens (including phenoxy) is 6. The molecule has 3 aliphatic heterocycles. The first-order chi connectivity index (χ1) is 46.5. The third-order valence-electron chi connectivity index (χ3n) is 15.4. The molecule has 97 heavy (non-hydrogen) atoms. The fraction of sp³-hybridized carbons (Fsp3) is 0.197. The highest BCUT2D eigenvalue weighted by molar-refractivity contribution is 6.42. The summed E-state index contributed by atoms with van der Waals surface area (Å²) in [6.45, 7) is 7.01. The fourth-order valence-corrected chi connectivity index (χ4v) is 11.6. The number of rotatable bonds is 21. The standard InChI is InChI=1S/2C25H22ClNO5.C25H20ClNO5.CH4/c3*1-2-31-21(28)14-16-8-10-18(11-9-16)27-24(29)22-19(26)12-13-20(23(22)25(27)30)32-15-17-6-4-3-5-7-17;/h3-13,25,30H,2,14-15H2,1H3;3-13,24,29H,2,14-15H2,1H3;3-13H,2,14-15H2,1H3;1H4. The van der Waals surface area contributed by atoms with Crippen molar-refractivity contribution in [2.24, 2.45) is 0 Å². The smallest absolute Gasteiger partial charge is 0.310 e. The molecule has 0 saturated carbocycles. The van der Waals surface area contributed by atoms with Gasteiger partial charge in [0.05, 0.1) is 82.6 Å². The molecule has 2 N–H and O–H groups in total. The van der Waals surface area contributed by atoms with E-state index >= 15 is 0 Å². The molecule has 12 rings (SSSR count). The second-order valence-electron chi connectivity index (χ2n) is 21.8. The van der Waals surface area contributed by atoms with Gasteiger partial charge in [-0.1, -0.05) is 170 Å². The quantitative estimate of drug-likeness (QED) is 0.0388. The molecular formula is C76H68Cl3N3O15. The first kappa shape index (κ1) is 71.0. The van der Waals surface area contributed by atoms with Crippen LogP contribution in [0.4, 0.5) is 17.1 Å². The molecule has 0 fully saturated rings. The number of esters is 3. The largest absolute Gasteiger partial charge is 0.488 e. The van der Waals surface area contributed by atoms with Crippen molar-refractivity contribution in [2.75, 3.05) is 34.5 Å². The minimum Gasteiger partial charge on any atom is -0.488 e. The van der Waals surface area contributed by atoms with E-state index in [0.29, 0.717) is 77.4 Å². The number of fused-ring (bicyclic) bond motifs is 3.